The summed E-state index contributed by atoms with van der Waals surface area (Å²) in [4.78, 5) is 11.9. The van der Waals surface area contributed by atoms with E-state index in [1.54, 1.807) is 4.90 Å². The number of rotatable bonds is 5. The minimum Gasteiger partial charge on any atom is -0.480 e. The zero-order valence-corrected chi connectivity index (χ0v) is 6.21. The number of nitrogens with zero attached hydrogens (tertiary/aromatic N) is 1. The van der Waals surface area contributed by atoms with E-state index in [-0.39, 0.29) is 6.54 Å². The highest BCUT2D eigenvalue weighted by Gasteiger charge is 2.04. The van der Waals surface area contributed by atoms with Gasteiger partial charge in [0.15, 0.2) is 0 Å². The summed E-state index contributed by atoms with van der Waals surface area (Å²) < 4.78 is 0. The van der Waals surface area contributed by atoms with Gasteiger partial charge in [0.25, 0.3) is 0 Å². The number of likely N-dealkylation sites (N-methyl/N-ethyl adjacent to an activating group) is 1. The van der Waals surface area contributed by atoms with Gasteiger partial charge < -0.3 is 10.8 Å². The van der Waals surface area contributed by atoms with Gasteiger partial charge in [-0.1, -0.05) is 6.92 Å². The van der Waals surface area contributed by atoms with Crippen LogP contribution in [0.1, 0.15) is 6.92 Å². The fraction of sp³-hybridized carbons (Fsp3) is 0.833. The van der Waals surface area contributed by atoms with Crippen molar-refractivity contribution in [2.24, 2.45) is 5.73 Å². The van der Waals surface area contributed by atoms with E-state index in [1.165, 1.54) is 0 Å². The maximum absolute atomic E-state index is 10.2. The molecule has 0 spiro atoms. The van der Waals surface area contributed by atoms with Crippen molar-refractivity contribution in [3.05, 3.63) is 0 Å². The normalized spacial score (nSPS) is 10.3. The summed E-state index contributed by atoms with van der Waals surface area (Å²) in [6.07, 6.45) is 0. The summed E-state index contributed by atoms with van der Waals surface area (Å²) in [5.74, 6) is -0.796. The van der Waals surface area contributed by atoms with Crippen LogP contribution >= 0.6 is 0 Å². The maximum Gasteiger partial charge on any atom is 0.317 e. The Kier molecular flexibility index (Phi) is 4.88. The Bertz CT molecular complexity index is 106. The van der Waals surface area contributed by atoms with Crippen molar-refractivity contribution in [1.82, 2.24) is 4.90 Å². The molecule has 0 bridgehead atoms. The standard InChI is InChI=1S/C6H14N2O2/c1-2-8(4-3-7)5-6(9)10/h2-5,7H2,1H3,(H,9,10). The molecule has 0 fully saturated rings. The van der Waals surface area contributed by atoms with Gasteiger partial charge in [-0.05, 0) is 6.54 Å². The number of carboxylic acids is 1. The number of carboxylic acid groups (broad SMARTS) is 1. The first kappa shape index (κ1) is 9.39. The summed E-state index contributed by atoms with van der Waals surface area (Å²) in [5.41, 5.74) is 5.25. The summed E-state index contributed by atoms with van der Waals surface area (Å²) in [6.45, 7) is 3.92. The van der Waals surface area contributed by atoms with E-state index in [4.69, 9.17) is 10.8 Å². The van der Waals surface area contributed by atoms with E-state index in [9.17, 15) is 4.79 Å². The van der Waals surface area contributed by atoms with Crippen LogP contribution in [0.2, 0.25) is 0 Å². The number of hydrogen-bond acceptors (Lipinski definition) is 3. The van der Waals surface area contributed by atoms with Crippen molar-refractivity contribution in [3.8, 4) is 0 Å². The minimum absolute atomic E-state index is 0.0910. The molecule has 0 unspecified atom stereocenters. The first-order chi connectivity index (χ1) is 4.70. The second-order valence-electron chi connectivity index (χ2n) is 2.05. The van der Waals surface area contributed by atoms with Gasteiger partial charge in [0.2, 0.25) is 0 Å². The van der Waals surface area contributed by atoms with Gasteiger partial charge in [-0.3, -0.25) is 9.69 Å². The molecular weight excluding hydrogens is 132 g/mol. The van der Waals surface area contributed by atoms with E-state index in [0.717, 1.165) is 6.54 Å². The fourth-order valence-corrected chi connectivity index (χ4v) is 0.723. The molecule has 3 N–H and O–H groups in total. The van der Waals surface area contributed by atoms with E-state index in [1.807, 2.05) is 6.92 Å². The van der Waals surface area contributed by atoms with Crippen molar-refractivity contribution in [2.45, 2.75) is 6.92 Å². The Morgan fingerprint density at radius 3 is 2.60 bits per heavy atom. The highest BCUT2D eigenvalue weighted by molar-refractivity contribution is 5.69. The van der Waals surface area contributed by atoms with E-state index in [2.05, 4.69) is 0 Å². The molecule has 0 saturated heterocycles. The molecule has 10 heavy (non-hydrogen) atoms. The summed E-state index contributed by atoms with van der Waals surface area (Å²) in [7, 11) is 0. The lowest BCUT2D eigenvalue weighted by Gasteiger charge is -2.15. The molecule has 0 aliphatic carbocycles. The third-order valence-electron chi connectivity index (χ3n) is 1.25. The van der Waals surface area contributed by atoms with Gasteiger partial charge >= 0.3 is 5.97 Å². The Morgan fingerprint density at radius 2 is 2.30 bits per heavy atom. The van der Waals surface area contributed by atoms with Crippen LogP contribution in [0.5, 0.6) is 0 Å². The van der Waals surface area contributed by atoms with Crippen LogP contribution in [0, 0.1) is 0 Å². The van der Waals surface area contributed by atoms with Crippen LogP contribution in [0.3, 0.4) is 0 Å². The van der Waals surface area contributed by atoms with Crippen LogP contribution in [0.25, 0.3) is 0 Å². The predicted octanol–water partition coefficient (Wildman–Crippen LogP) is -0.648. The van der Waals surface area contributed by atoms with Gasteiger partial charge in [-0.15, -0.1) is 0 Å². The van der Waals surface area contributed by atoms with Gasteiger partial charge in [-0.25, -0.2) is 0 Å². The van der Waals surface area contributed by atoms with Crippen LogP contribution in [-0.4, -0.2) is 42.2 Å². The van der Waals surface area contributed by atoms with Gasteiger partial charge in [0.1, 0.15) is 0 Å². The minimum atomic E-state index is -0.796. The molecule has 0 amide bonds. The molecule has 0 saturated carbocycles. The third kappa shape index (κ3) is 4.29. The Balaban J connectivity index is 3.49. The summed E-state index contributed by atoms with van der Waals surface area (Å²) >= 11 is 0. The summed E-state index contributed by atoms with van der Waals surface area (Å²) in [5, 5.41) is 8.36. The smallest absolute Gasteiger partial charge is 0.317 e. The molecule has 60 valence electrons. The molecule has 0 aliphatic rings. The Hall–Kier alpha value is -0.610. The number of hydrogen-bond donors (Lipinski definition) is 2. The van der Waals surface area contributed by atoms with Crippen LogP contribution in [0.15, 0.2) is 0 Å². The van der Waals surface area contributed by atoms with Crippen molar-refractivity contribution < 1.29 is 9.90 Å². The molecule has 0 aromatic heterocycles. The van der Waals surface area contributed by atoms with Gasteiger partial charge in [0, 0.05) is 13.1 Å². The van der Waals surface area contributed by atoms with E-state index in [0.29, 0.717) is 13.1 Å². The second-order valence-corrected chi connectivity index (χ2v) is 2.05. The molecule has 0 aromatic rings. The van der Waals surface area contributed by atoms with Crippen LogP contribution in [0.4, 0.5) is 0 Å². The Morgan fingerprint density at radius 1 is 1.70 bits per heavy atom. The largest absolute Gasteiger partial charge is 0.480 e. The van der Waals surface area contributed by atoms with Crippen molar-refractivity contribution in [3.63, 3.8) is 0 Å². The zero-order valence-electron chi connectivity index (χ0n) is 6.21. The quantitative estimate of drug-likeness (QED) is 0.541. The van der Waals surface area contributed by atoms with E-state index >= 15 is 0 Å². The first-order valence-corrected chi connectivity index (χ1v) is 3.35. The molecule has 0 aromatic carbocycles. The van der Waals surface area contributed by atoms with Crippen LogP contribution in [-0.2, 0) is 4.79 Å². The van der Waals surface area contributed by atoms with Crippen molar-refractivity contribution >= 4 is 5.97 Å². The second kappa shape index (κ2) is 5.20. The highest BCUT2D eigenvalue weighted by atomic mass is 16.4. The maximum atomic E-state index is 10.2. The molecule has 0 radical (unpaired) electrons. The Labute approximate surface area is 60.6 Å². The van der Waals surface area contributed by atoms with Crippen molar-refractivity contribution in [1.29, 1.82) is 0 Å². The van der Waals surface area contributed by atoms with Gasteiger partial charge in [-0.2, -0.15) is 0 Å². The number of nitrogens with two attached hydrogens (primary N) is 1. The molecular formula is C6H14N2O2. The third-order valence-corrected chi connectivity index (χ3v) is 1.25. The monoisotopic (exact) mass is 146 g/mol. The first-order valence-electron chi connectivity index (χ1n) is 3.35. The average Bonchev–Trinajstić information content (AvgIpc) is 1.86. The predicted molar refractivity (Wildman–Crippen MR) is 38.8 cm³/mol. The number of carbonyl (C=O) groups is 1. The lowest BCUT2D eigenvalue weighted by molar-refractivity contribution is -0.138. The molecule has 0 atom stereocenters. The SMILES string of the molecule is CCN(CCN)CC(=O)O. The molecule has 0 aliphatic heterocycles. The van der Waals surface area contributed by atoms with E-state index < -0.39 is 5.97 Å². The fourth-order valence-electron chi connectivity index (χ4n) is 0.723. The number of aliphatic carboxylic acids is 1. The van der Waals surface area contributed by atoms with Crippen molar-refractivity contribution in [2.75, 3.05) is 26.2 Å². The molecule has 4 heteroatoms. The summed E-state index contributed by atoms with van der Waals surface area (Å²) in [6, 6.07) is 0. The zero-order chi connectivity index (χ0) is 7.98. The molecule has 0 rings (SSSR count). The molecule has 0 heterocycles. The lowest BCUT2D eigenvalue weighted by atomic mass is 10.4. The van der Waals surface area contributed by atoms with Crippen LogP contribution < -0.4 is 5.73 Å². The topological polar surface area (TPSA) is 66.6 Å². The lowest BCUT2D eigenvalue weighted by Crippen LogP contribution is -2.33. The van der Waals surface area contributed by atoms with Gasteiger partial charge in [0.05, 0.1) is 6.54 Å². The molecule has 4 nitrogen and oxygen atoms in total. The highest BCUT2D eigenvalue weighted by Crippen LogP contribution is 1.84. The average molecular weight is 146 g/mol.